The lowest BCUT2D eigenvalue weighted by Crippen LogP contribution is -2.50. The first kappa shape index (κ1) is 51.5. The van der Waals surface area contributed by atoms with E-state index in [-0.39, 0.29) is 42.7 Å². The number of carboxylic acids is 1. The number of aliphatic carboxylic acids is 1. The van der Waals surface area contributed by atoms with Gasteiger partial charge in [0, 0.05) is 19.3 Å². The first-order valence-electron chi connectivity index (χ1n) is 21.2. The number of allylic oxidation sites excluding steroid dienone is 14. The van der Waals surface area contributed by atoms with Gasteiger partial charge in [0.25, 0.3) is 0 Å². The fraction of sp³-hybridized carbons (Fsp3) is 0.638. The Morgan fingerprint density at radius 3 is 1.71 bits per heavy atom. The summed E-state index contributed by atoms with van der Waals surface area (Å²) in [6, 6.07) is -0.631. The maximum atomic E-state index is 12.7. The fourth-order valence-corrected chi connectivity index (χ4v) is 5.58. The van der Waals surface area contributed by atoms with Gasteiger partial charge in [0.05, 0.1) is 34.4 Å². The lowest BCUT2D eigenvalue weighted by molar-refractivity contribution is -0.887. The third-order valence-electron chi connectivity index (χ3n) is 8.89. The summed E-state index contributed by atoms with van der Waals surface area (Å²) in [5.74, 6) is -1.60. The number of quaternary nitrogens is 1. The molecule has 0 fully saturated rings. The zero-order valence-corrected chi connectivity index (χ0v) is 35.3. The molecule has 8 heteroatoms. The second-order valence-corrected chi connectivity index (χ2v) is 15.0. The van der Waals surface area contributed by atoms with E-state index in [0.717, 1.165) is 57.8 Å². The summed E-state index contributed by atoms with van der Waals surface area (Å²) in [6.45, 7) is 4.52. The predicted octanol–water partition coefficient (Wildman–Crippen LogP) is 11.4. The molecule has 2 unspecified atom stereocenters. The number of unbranched alkanes of at least 4 members (excludes halogenated alkanes) is 12. The van der Waals surface area contributed by atoms with Gasteiger partial charge >= 0.3 is 17.9 Å². The molecule has 0 aromatic carbocycles. The highest BCUT2D eigenvalue weighted by Gasteiger charge is 2.31. The number of ether oxygens (including phenoxy) is 3. The highest BCUT2D eigenvalue weighted by Crippen LogP contribution is 2.12. The molecule has 312 valence electrons. The minimum Gasteiger partial charge on any atom is -0.477 e. The standard InChI is InChI=1S/C47H77NO7/c1-6-8-10-12-14-16-18-20-21-22-23-24-26-27-29-31-33-35-37-45(49)54-42-43(41-53-40-39-44(47(51)52)48(3,4)5)55-46(50)38-36-34-32-30-28-25-19-17-15-13-11-9-7-2/h10,12,14,16,18,20-25,28,32,34,43-44H,6-9,11,13,15,17,19,26-27,29-31,33,35-42H2,1-5H3/p+1/b12-10+,16-14+,20-18+,22-21+,24-23+,28-25+,34-32+. The number of hydrogen-bond donors (Lipinski definition) is 1. The second-order valence-electron chi connectivity index (χ2n) is 15.0. The monoisotopic (exact) mass is 769 g/mol. The molecular weight excluding hydrogens is 691 g/mol. The van der Waals surface area contributed by atoms with Gasteiger partial charge in [-0.1, -0.05) is 157 Å². The molecule has 1 N–H and O–H groups in total. The van der Waals surface area contributed by atoms with Crippen molar-refractivity contribution in [2.45, 2.75) is 154 Å². The molecule has 0 rings (SSSR count). The average Bonchev–Trinajstić information content (AvgIpc) is 3.14. The van der Waals surface area contributed by atoms with Gasteiger partial charge < -0.3 is 23.8 Å². The first-order valence-corrected chi connectivity index (χ1v) is 21.2. The second kappa shape index (κ2) is 37.4. The first-order chi connectivity index (χ1) is 26.6. The molecule has 0 aromatic heterocycles. The zero-order chi connectivity index (χ0) is 40.7. The van der Waals surface area contributed by atoms with Crippen molar-refractivity contribution in [2.75, 3.05) is 41.0 Å². The van der Waals surface area contributed by atoms with Crippen LogP contribution in [-0.4, -0.2) is 80.6 Å². The van der Waals surface area contributed by atoms with Crippen LogP contribution in [0, 0.1) is 0 Å². The number of rotatable bonds is 36. The van der Waals surface area contributed by atoms with Crippen molar-refractivity contribution in [3.63, 3.8) is 0 Å². The van der Waals surface area contributed by atoms with E-state index < -0.39 is 18.1 Å². The van der Waals surface area contributed by atoms with E-state index in [9.17, 15) is 19.5 Å². The van der Waals surface area contributed by atoms with E-state index in [0.29, 0.717) is 19.3 Å². The Kier molecular flexibility index (Phi) is 35.1. The number of hydrogen-bond acceptors (Lipinski definition) is 6. The topological polar surface area (TPSA) is 99.1 Å². The summed E-state index contributed by atoms with van der Waals surface area (Å²) >= 11 is 0. The Morgan fingerprint density at radius 1 is 0.564 bits per heavy atom. The van der Waals surface area contributed by atoms with Crippen LogP contribution in [0.15, 0.2) is 85.1 Å². The molecule has 0 bridgehead atoms. The van der Waals surface area contributed by atoms with Gasteiger partial charge in [-0.3, -0.25) is 9.59 Å². The molecule has 0 heterocycles. The van der Waals surface area contributed by atoms with E-state index in [1.807, 2.05) is 63.7 Å². The van der Waals surface area contributed by atoms with Gasteiger partial charge in [-0.05, 0) is 51.4 Å². The highest BCUT2D eigenvalue weighted by molar-refractivity contribution is 5.72. The number of likely N-dealkylation sites (N-methyl/N-ethyl adjacent to an activating group) is 1. The summed E-state index contributed by atoms with van der Waals surface area (Å²) in [5.41, 5.74) is 0. The third kappa shape index (κ3) is 35.9. The summed E-state index contributed by atoms with van der Waals surface area (Å²) in [5, 5.41) is 9.60. The van der Waals surface area contributed by atoms with E-state index in [1.165, 1.54) is 44.9 Å². The lowest BCUT2D eigenvalue weighted by Gasteiger charge is -2.31. The Hall–Kier alpha value is -3.49. The van der Waals surface area contributed by atoms with Crippen molar-refractivity contribution in [1.29, 1.82) is 0 Å². The highest BCUT2D eigenvalue weighted by atomic mass is 16.6. The molecule has 0 saturated heterocycles. The third-order valence-corrected chi connectivity index (χ3v) is 8.89. The van der Waals surface area contributed by atoms with Crippen molar-refractivity contribution < 1.29 is 38.2 Å². The summed E-state index contributed by atoms with van der Waals surface area (Å²) in [7, 11) is 5.49. The van der Waals surface area contributed by atoms with Crippen LogP contribution in [0.4, 0.5) is 0 Å². The van der Waals surface area contributed by atoms with Gasteiger partial charge in [-0.2, -0.15) is 0 Å². The van der Waals surface area contributed by atoms with Crippen molar-refractivity contribution >= 4 is 17.9 Å². The smallest absolute Gasteiger partial charge is 0.362 e. The van der Waals surface area contributed by atoms with Crippen molar-refractivity contribution in [2.24, 2.45) is 0 Å². The van der Waals surface area contributed by atoms with Crippen LogP contribution in [0.2, 0.25) is 0 Å². The molecule has 0 saturated carbocycles. The van der Waals surface area contributed by atoms with Gasteiger partial charge in [0.1, 0.15) is 6.61 Å². The van der Waals surface area contributed by atoms with E-state index in [1.54, 1.807) is 0 Å². The minimum atomic E-state index is -0.891. The molecule has 0 radical (unpaired) electrons. The Labute approximate surface area is 335 Å². The molecule has 8 nitrogen and oxygen atoms in total. The average molecular weight is 769 g/mol. The minimum absolute atomic E-state index is 0.0248. The number of carboxylic acid groups (broad SMARTS) is 1. The van der Waals surface area contributed by atoms with Gasteiger partial charge in [-0.25, -0.2) is 4.79 Å². The van der Waals surface area contributed by atoms with Crippen molar-refractivity contribution in [3.05, 3.63) is 85.1 Å². The number of nitrogens with zero attached hydrogens (tertiary/aromatic N) is 1. The molecule has 0 amide bonds. The summed E-state index contributed by atoms with van der Waals surface area (Å²) in [6.07, 6.45) is 47.8. The molecule has 2 atom stereocenters. The quantitative estimate of drug-likeness (QED) is 0.0223. The lowest BCUT2D eigenvalue weighted by atomic mass is 10.1. The van der Waals surface area contributed by atoms with Crippen LogP contribution in [-0.2, 0) is 28.6 Å². The van der Waals surface area contributed by atoms with Crippen molar-refractivity contribution in [1.82, 2.24) is 0 Å². The van der Waals surface area contributed by atoms with Crippen LogP contribution < -0.4 is 0 Å². The molecule has 0 aliphatic carbocycles. The molecule has 0 aliphatic rings. The van der Waals surface area contributed by atoms with E-state index in [4.69, 9.17) is 14.2 Å². The fourth-order valence-electron chi connectivity index (χ4n) is 5.58. The largest absolute Gasteiger partial charge is 0.477 e. The van der Waals surface area contributed by atoms with Gasteiger partial charge in [0.15, 0.2) is 12.1 Å². The Morgan fingerprint density at radius 2 is 1.11 bits per heavy atom. The van der Waals surface area contributed by atoms with Crippen LogP contribution in [0.1, 0.15) is 142 Å². The Bertz CT molecular complexity index is 1170. The Balaban J connectivity index is 4.51. The van der Waals surface area contributed by atoms with Crippen molar-refractivity contribution in [3.8, 4) is 0 Å². The number of esters is 2. The molecule has 0 aliphatic heterocycles. The van der Waals surface area contributed by atoms with E-state index >= 15 is 0 Å². The van der Waals surface area contributed by atoms with Crippen LogP contribution >= 0.6 is 0 Å². The molecule has 0 aromatic rings. The molecule has 55 heavy (non-hydrogen) atoms. The molecular formula is C47H78NO7+. The maximum Gasteiger partial charge on any atom is 0.362 e. The maximum absolute atomic E-state index is 12.7. The zero-order valence-electron chi connectivity index (χ0n) is 35.3. The van der Waals surface area contributed by atoms with Gasteiger partial charge in [-0.15, -0.1) is 0 Å². The van der Waals surface area contributed by atoms with Crippen LogP contribution in [0.25, 0.3) is 0 Å². The summed E-state index contributed by atoms with van der Waals surface area (Å²) in [4.78, 5) is 36.9. The predicted molar refractivity (Wildman–Crippen MR) is 229 cm³/mol. The normalized spacial score (nSPS) is 13.8. The number of carbonyl (C=O) groups is 3. The van der Waals surface area contributed by atoms with Crippen LogP contribution in [0.5, 0.6) is 0 Å². The SMILES string of the molecule is CCC/C=C/C=C/C=C/C=C/C=C/CCCCCCCC(=O)OCC(COCCC(C(=O)O)[N+](C)(C)C)OC(=O)CC/C=C/C/C=C/CCCCCCCC. The van der Waals surface area contributed by atoms with E-state index in [2.05, 4.69) is 56.4 Å². The summed E-state index contributed by atoms with van der Waals surface area (Å²) < 4.78 is 17.1. The molecule has 0 spiro atoms. The van der Waals surface area contributed by atoms with Crippen LogP contribution in [0.3, 0.4) is 0 Å². The van der Waals surface area contributed by atoms with Gasteiger partial charge in [0.2, 0.25) is 0 Å². The number of carbonyl (C=O) groups excluding carboxylic acids is 2.